The number of halogens is 3. The van der Waals surface area contributed by atoms with Crippen LogP contribution in [0.15, 0.2) is 18.7 Å². The van der Waals surface area contributed by atoms with Gasteiger partial charge < -0.3 is 20.3 Å². The Balaban J connectivity index is 1.37. The van der Waals surface area contributed by atoms with Crippen LogP contribution in [-0.2, 0) is 23.8 Å². The number of anilines is 2. The predicted octanol–water partition coefficient (Wildman–Crippen LogP) is 4.53. The third kappa shape index (κ3) is 5.50. The van der Waals surface area contributed by atoms with Gasteiger partial charge in [-0.1, -0.05) is 13.5 Å². The first-order valence-corrected chi connectivity index (χ1v) is 15.7. The van der Waals surface area contributed by atoms with Crippen molar-refractivity contribution in [3.05, 3.63) is 46.8 Å². The minimum atomic E-state index is -4.56. The van der Waals surface area contributed by atoms with Crippen molar-refractivity contribution in [1.82, 2.24) is 24.8 Å². The van der Waals surface area contributed by atoms with Crippen LogP contribution in [-0.4, -0.2) is 82.1 Å². The molecular weight excluding hydrogens is 571 g/mol. The predicted molar refractivity (Wildman–Crippen MR) is 162 cm³/mol. The maximum absolute atomic E-state index is 14.3. The number of likely N-dealkylation sites (tertiary alicyclic amines) is 1. The summed E-state index contributed by atoms with van der Waals surface area (Å²) in [6.07, 6.45) is 2.69. The topological polar surface area (TPSA) is 101 Å². The molecule has 3 aliphatic heterocycles. The van der Waals surface area contributed by atoms with E-state index in [9.17, 15) is 18.0 Å². The molecule has 6 rings (SSSR count). The maximum Gasteiger partial charge on any atom is 0.418 e. The molecule has 44 heavy (non-hydrogen) atoms. The number of likely N-dealkylation sites (N-methyl/N-ethyl adjacent to an activating group) is 1. The summed E-state index contributed by atoms with van der Waals surface area (Å²) in [5, 5.41) is 0. The Labute approximate surface area is 256 Å². The van der Waals surface area contributed by atoms with Crippen LogP contribution in [0.25, 0.3) is 0 Å². The number of nitrogens with zero attached hydrogens (tertiary/aromatic N) is 6. The van der Waals surface area contributed by atoms with Crippen molar-refractivity contribution in [3.63, 3.8) is 0 Å². The summed E-state index contributed by atoms with van der Waals surface area (Å²) in [4.78, 5) is 32.8. The lowest BCUT2D eigenvalue weighted by Gasteiger charge is -2.36. The molecule has 0 unspecified atom stereocenters. The normalized spacial score (nSPS) is 24.7. The highest BCUT2D eigenvalue weighted by Crippen LogP contribution is 2.45. The fourth-order valence-electron chi connectivity index (χ4n) is 8.05. The van der Waals surface area contributed by atoms with Crippen LogP contribution in [0.5, 0.6) is 6.01 Å². The summed E-state index contributed by atoms with van der Waals surface area (Å²) < 4.78 is 49.4. The Kier molecular flexibility index (Phi) is 8.00. The Hall–Kier alpha value is -3.41. The molecule has 0 bridgehead atoms. The molecule has 2 aromatic rings. The molecular formula is C32H42F3N7O2. The molecule has 4 aliphatic rings. The van der Waals surface area contributed by atoms with Crippen molar-refractivity contribution in [2.75, 3.05) is 50.5 Å². The fraction of sp³-hybridized carbons (Fsp3) is 0.625. The Morgan fingerprint density at radius 1 is 1.20 bits per heavy atom. The van der Waals surface area contributed by atoms with Gasteiger partial charge in [-0.05, 0) is 88.6 Å². The van der Waals surface area contributed by atoms with Crippen molar-refractivity contribution in [3.8, 4) is 6.01 Å². The number of hydrogen-bond donors (Lipinski definition) is 1. The zero-order valence-electron chi connectivity index (χ0n) is 25.8. The molecule has 238 valence electrons. The molecule has 0 spiro atoms. The first kappa shape index (κ1) is 30.6. The van der Waals surface area contributed by atoms with Gasteiger partial charge in [0.05, 0.1) is 22.5 Å². The molecule has 2 N–H and O–H groups in total. The largest absolute Gasteiger partial charge is 0.461 e. The summed E-state index contributed by atoms with van der Waals surface area (Å²) in [5.74, 6) is -0.0196. The number of ether oxygens (including phenoxy) is 1. The first-order chi connectivity index (χ1) is 20.9. The number of carbonyl (C=O) groups is 1. The second-order valence-electron chi connectivity index (χ2n) is 13.1. The van der Waals surface area contributed by atoms with E-state index >= 15 is 0 Å². The monoisotopic (exact) mass is 613 g/mol. The van der Waals surface area contributed by atoms with E-state index in [0.29, 0.717) is 37.6 Å². The molecule has 0 radical (unpaired) electrons. The van der Waals surface area contributed by atoms with E-state index in [1.807, 2.05) is 14.0 Å². The van der Waals surface area contributed by atoms with Crippen LogP contribution in [0.4, 0.5) is 24.8 Å². The second kappa shape index (κ2) is 11.5. The van der Waals surface area contributed by atoms with Crippen LogP contribution < -0.4 is 15.4 Å². The zero-order valence-corrected chi connectivity index (χ0v) is 25.8. The molecule has 9 nitrogen and oxygen atoms in total. The van der Waals surface area contributed by atoms with Gasteiger partial charge in [0.2, 0.25) is 5.91 Å². The number of aromatic nitrogens is 3. The van der Waals surface area contributed by atoms with Gasteiger partial charge in [-0.2, -0.15) is 23.1 Å². The summed E-state index contributed by atoms with van der Waals surface area (Å²) in [6, 6.07) is 1.55. The molecule has 2 aromatic heterocycles. The zero-order chi connectivity index (χ0) is 31.4. The molecule has 5 heterocycles. The lowest BCUT2D eigenvalue weighted by Crippen LogP contribution is -2.43. The highest BCUT2D eigenvalue weighted by molar-refractivity contribution is 5.87. The number of nitrogen functional groups attached to an aromatic ring is 1. The van der Waals surface area contributed by atoms with Gasteiger partial charge in [-0.25, -0.2) is 4.98 Å². The van der Waals surface area contributed by atoms with Gasteiger partial charge in [0.25, 0.3) is 0 Å². The lowest BCUT2D eigenvalue weighted by atomic mass is 9.75. The minimum Gasteiger partial charge on any atom is -0.461 e. The number of hydrogen-bond acceptors (Lipinski definition) is 8. The molecule has 3 saturated heterocycles. The Bertz CT molecular complexity index is 1440. The smallest absolute Gasteiger partial charge is 0.418 e. The number of aryl methyl sites for hydroxylation is 1. The summed E-state index contributed by atoms with van der Waals surface area (Å²) >= 11 is 0. The maximum atomic E-state index is 14.3. The van der Waals surface area contributed by atoms with Crippen LogP contribution in [0.2, 0.25) is 0 Å². The van der Waals surface area contributed by atoms with Crippen molar-refractivity contribution in [2.24, 2.45) is 5.92 Å². The first-order valence-electron chi connectivity index (χ1n) is 15.7. The van der Waals surface area contributed by atoms with E-state index < -0.39 is 17.7 Å². The summed E-state index contributed by atoms with van der Waals surface area (Å²) in [6.45, 7) is 10.8. The average molecular weight is 614 g/mol. The van der Waals surface area contributed by atoms with Gasteiger partial charge in [-0.15, -0.1) is 0 Å². The highest BCUT2D eigenvalue weighted by atomic mass is 19.4. The number of carbonyl (C=O) groups excluding carboxylic acids is 1. The molecule has 0 aromatic carbocycles. The number of rotatable bonds is 7. The van der Waals surface area contributed by atoms with Gasteiger partial charge in [-0.3, -0.25) is 9.69 Å². The van der Waals surface area contributed by atoms with Crippen LogP contribution in [0.1, 0.15) is 73.0 Å². The average Bonchev–Trinajstić information content (AvgIpc) is 3.70. The van der Waals surface area contributed by atoms with E-state index in [1.165, 1.54) is 19.1 Å². The van der Waals surface area contributed by atoms with Crippen molar-refractivity contribution >= 4 is 17.5 Å². The van der Waals surface area contributed by atoms with Gasteiger partial charge in [0.1, 0.15) is 18.2 Å². The molecule has 3 atom stereocenters. The van der Waals surface area contributed by atoms with Gasteiger partial charge in [0.15, 0.2) is 0 Å². The van der Waals surface area contributed by atoms with Crippen LogP contribution >= 0.6 is 0 Å². The number of alkyl halides is 3. The van der Waals surface area contributed by atoms with Crippen molar-refractivity contribution < 1.29 is 22.7 Å². The second-order valence-corrected chi connectivity index (χ2v) is 13.1. The molecule has 0 saturated carbocycles. The number of pyridine rings is 1. The fourth-order valence-corrected chi connectivity index (χ4v) is 8.05. The van der Waals surface area contributed by atoms with Crippen molar-refractivity contribution in [1.29, 1.82) is 0 Å². The molecule has 1 aliphatic carbocycles. The van der Waals surface area contributed by atoms with E-state index in [4.69, 9.17) is 20.4 Å². The highest BCUT2D eigenvalue weighted by Gasteiger charge is 2.46. The molecule has 1 amide bonds. The molecule has 12 heteroatoms. The van der Waals surface area contributed by atoms with E-state index in [-0.39, 0.29) is 52.9 Å². The van der Waals surface area contributed by atoms with E-state index in [1.54, 1.807) is 4.90 Å². The van der Waals surface area contributed by atoms with Crippen molar-refractivity contribution in [2.45, 2.75) is 82.5 Å². The minimum absolute atomic E-state index is 0.00992. The number of nitrogens with two attached hydrogens (primary N) is 1. The SMILES string of the molecule is C=CC(=O)N1CC[C@@H](N(C)c2nc(OCC34CCCN3CCC4)nc3c2C[C@@H](C)[C@H](c2nc(N)cc(C)c2C(F)(F)F)C3)C1. The summed E-state index contributed by atoms with van der Waals surface area (Å²) in [7, 11) is 1.97. The number of fused-ring (bicyclic) bond motifs is 2. The molecule has 3 fully saturated rings. The number of amides is 1. The Morgan fingerprint density at radius 3 is 2.61 bits per heavy atom. The van der Waals surface area contributed by atoms with E-state index in [2.05, 4.69) is 21.4 Å². The van der Waals surface area contributed by atoms with Crippen LogP contribution in [0, 0.1) is 12.8 Å². The van der Waals surface area contributed by atoms with Gasteiger partial charge >= 0.3 is 12.2 Å². The van der Waals surface area contributed by atoms with E-state index in [0.717, 1.165) is 50.8 Å². The summed E-state index contributed by atoms with van der Waals surface area (Å²) in [5.41, 5.74) is 6.91. The lowest BCUT2D eigenvalue weighted by molar-refractivity contribution is -0.139. The Morgan fingerprint density at radius 2 is 1.93 bits per heavy atom. The quantitative estimate of drug-likeness (QED) is 0.455. The van der Waals surface area contributed by atoms with Crippen LogP contribution in [0.3, 0.4) is 0 Å². The third-order valence-corrected chi connectivity index (χ3v) is 10.4. The third-order valence-electron chi connectivity index (χ3n) is 10.4. The standard InChI is InChI=1S/C32H42F3N7O2/c1-5-26(43)41-13-8-21(17-41)40(4)29-23-14-19(2)22(28-27(32(33,34)35)20(3)15-25(36)38-28)16-24(23)37-30(39-29)44-18-31-9-6-11-42(31)12-7-10-31/h5,15,19,21-22H,1,6-14,16-18H2,2-4H3,(H2,36,38)/t19-,21-,22-/m1/s1. The van der Waals surface area contributed by atoms with Gasteiger partial charge in [0, 0.05) is 37.7 Å².